The third-order valence-corrected chi connectivity index (χ3v) is 5.26. The Bertz CT molecular complexity index is 693. The second-order valence-corrected chi connectivity index (χ2v) is 9.89. The van der Waals surface area contributed by atoms with E-state index < -0.39 is 19.5 Å². The number of hydrogen-bond donors (Lipinski definition) is 1. The van der Waals surface area contributed by atoms with Crippen LogP contribution in [-0.4, -0.2) is 25.3 Å². The number of hydrogen-bond acceptors (Lipinski definition) is 4. The topological polar surface area (TPSA) is 64.6 Å². The summed E-state index contributed by atoms with van der Waals surface area (Å²) in [6.07, 6.45) is 4.41. The van der Waals surface area contributed by atoms with Crippen molar-refractivity contribution in [3.8, 4) is 0 Å². The molecular formula is C19H28NO4P. The Kier molecular flexibility index (Phi) is 6.26. The van der Waals surface area contributed by atoms with Crippen molar-refractivity contribution in [2.75, 3.05) is 13.3 Å². The highest BCUT2D eigenvalue weighted by atomic mass is 31.2. The number of carbonyl (C=O) groups is 1. The minimum Gasteiger partial charge on any atom is -0.464 e. The van der Waals surface area contributed by atoms with Crippen LogP contribution in [0.2, 0.25) is 0 Å². The molecule has 6 heteroatoms. The summed E-state index contributed by atoms with van der Waals surface area (Å²) in [6.45, 7) is 9.41. The quantitative estimate of drug-likeness (QED) is 0.592. The first-order valence-corrected chi connectivity index (χ1v) is 10.6. The molecule has 0 heterocycles. The summed E-state index contributed by atoms with van der Waals surface area (Å²) in [5.41, 5.74) is 1.97. The maximum Gasteiger partial charge on any atom is 0.323 e. The van der Waals surface area contributed by atoms with Crippen LogP contribution in [0.15, 0.2) is 30.3 Å². The number of carbonyl (C=O) groups excluding carboxylic acids is 1. The predicted molar refractivity (Wildman–Crippen MR) is 100 cm³/mol. The van der Waals surface area contributed by atoms with Crippen LogP contribution in [0.25, 0.3) is 6.08 Å². The normalized spacial score (nSPS) is 20.4. The van der Waals surface area contributed by atoms with Gasteiger partial charge in [0.1, 0.15) is 6.04 Å². The fourth-order valence-electron chi connectivity index (χ4n) is 2.59. The van der Waals surface area contributed by atoms with Crippen molar-refractivity contribution in [2.24, 2.45) is 5.41 Å². The third-order valence-electron chi connectivity index (χ3n) is 3.75. The summed E-state index contributed by atoms with van der Waals surface area (Å²) < 4.78 is 24.0. The average Bonchev–Trinajstić information content (AvgIpc) is 2.51. The second kappa shape index (κ2) is 7.86. The van der Waals surface area contributed by atoms with Crippen molar-refractivity contribution in [3.05, 3.63) is 41.5 Å². The van der Waals surface area contributed by atoms with Crippen molar-refractivity contribution in [3.63, 3.8) is 0 Å². The van der Waals surface area contributed by atoms with Gasteiger partial charge in [0.25, 0.3) is 7.52 Å². The zero-order valence-corrected chi connectivity index (χ0v) is 16.5. The van der Waals surface area contributed by atoms with Crippen molar-refractivity contribution in [1.29, 1.82) is 0 Å². The Morgan fingerprint density at radius 1 is 1.36 bits per heavy atom. The van der Waals surface area contributed by atoms with E-state index in [4.69, 9.17) is 9.26 Å². The van der Waals surface area contributed by atoms with Crippen molar-refractivity contribution in [2.45, 2.75) is 46.3 Å². The van der Waals surface area contributed by atoms with Crippen molar-refractivity contribution < 1.29 is 18.6 Å². The van der Waals surface area contributed by atoms with Gasteiger partial charge >= 0.3 is 5.97 Å². The first-order chi connectivity index (χ1) is 11.6. The number of benzene rings is 1. The molecule has 138 valence electrons. The molecule has 2 rings (SSSR count). The van der Waals surface area contributed by atoms with Crippen molar-refractivity contribution >= 4 is 19.6 Å². The lowest BCUT2D eigenvalue weighted by molar-refractivity contribution is -0.148. The Labute approximate surface area is 150 Å². The number of ether oxygens (including phenoxy) is 1. The lowest BCUT2D eigenvalue weighted by Crippen LogP contribution is -2.35. The molecule has 0 aliphatic heterocycles. The smallest absolute Gasteiger partial charge is 0.323 e. The zero-order valence-electron chi connectivity index (χ0n) is 15.6. The van der Waals surface area contributed by atoms with E-state index in [-0.39, 0.29) is 11.5 Å². The molecule has 25 heavy (non-hydrogen) atoms. The van der Waals surface area contributed by atoms with E-state index in [0.29, 0.717) is 13.0 Å². The lowest BCUT2D eigenvalue weighted by atomic mass is 9.95. The van der Waals surface area contributed by atoms with E-state index >= 15 is 0 Å². The summed E-state index contributed by atoms with van der Waals surface area (Å²) in [6, 6.07) is 7.18. The molecule has 0 spiro atoms. The zero-order chi connectivity index (χ0) is 18.7. The number of rotatable bonds is 6. The Morgan fingerprint density at radius 3 is 2.72 bits per heavy atom. The third kappa shape index (κ3) is 6.10. The van der Waals surface area contributed by atoms with Gasteiger partial charge in [0, 0.05) is 6.66 Å². The minimum absolute atomic E-state index is 0.111. The van der Waals surface area contributed by atoms with E-state index in [1.807, 2.05) is 57.2 Å². The highest BCUT2D eigenvalue weighted by Gasteiger charge is 2.29. The molecule has 1 aliphatic carbocycles. The van der Waals surface area contributed by atoms with Crippen LogP contribution in [0, 0.1) is 5.41 Å². The predicted octanol–water partition coefficient (Wildman–Crippen LogP) is 4.55. The molecule has 0 saturated carbocycles. The van der Waals surface area contributed by atoms with Gasteiger partial charge in [-0.2, -0.15) is 0 Å². The Morgan fingerprint density at radius 2 is 2.04 bits per heavy atom. The summed E-state index contributed by atoms with van der Waals surface area (Å²) in [7, 11) is -3.18. The van der Waals surface area contributed by atoms with E-state index in [0.717, 1.165) is 11.1 Å². The van der Waals surface area contributed by atoms with Gasteiger partial charge in [-0.15, -0.1) is 0 Å². The number of fused-ring (bicyclic) bond motifs is 1. The highest BCUT2D eigenvalue weighted by Crippen LogP contribution is 2.46. The van der Waals surface area contributed by atoms with Crippen molar-refractivity contribution in [1.82, 2.24) is 5.09 Å². The first-order valence-electron chi connectivity index (χ1n) is 8.53. The average molecular weight is 365 g/mol. The summed E-state index contributed by atoms with van der Waals surface area (Å²) in [5, 5.41) is 2.81. The number of esters is 1. The fourth-order valence-corrected chi connectivity index (χ4v) is 4.15. The van der Waals surface area contributed by atoms with Gasteiger partial charge in [-0.3, -0.25) is 9.36 Å². The van der Waals surface area contributed by atoms with E-state index in [9.17, 15) is 9.36 Å². The van der Waals surface area contributed by atoms with E-state index in [1.165, 1.54) is 6.66 Å². The van der Waals surface area contributed by atoms with Gasteiger partial charge in [0.2, 0.25) is 0 Å². The van der Waals surface area contributed by atoms with Crippen LogP contribution in [0.3, 0.4) is 0 Å². The van der Waals surface area contributed by atoms with Crippen LogP contribution in [0.5, 0.6) is 0 Å². The van der Waals surface area contributed by atoms with Gasteiger partial charge in [-0.05, 0) is 29.9 Å². The van der Waals surface area contributed by atoms with Gasteiger partial charge in [-0.25, -0.2) is 5.09 Å². The number of nitrogens with one attached hydrogen (secondary N) is 1. The molecule has 2 unspecified atom stereocenters. The molecule has 1 aliphatic rings. The molecule has 1 N–H and O–H groups in total. The van der Waals surface area contributed by atoms with E-state index in [2.05, 4.69) is 5.09 Å². The van der Waals surface area contributed by atoms with Gasteiger partial charge < -0.3 is 9.26 Å². The van der Waals surface area contributed by atoms with E-state index in [1.54, 1.807) is 6.92 Å². The molecule has 0 saturated heterocycles. The standard InChI is InChI=1S/C19H28NO4P/c1-14(18(21)23-13-19(2,3)4)20-25(5,22)24-17-12-8-10-15-9-6-7-11-16(15)17/h6-11,14,17H,12-13H2,1-5H3,(H,20,22)/t14-,17?,25?/m0/s1. The maximum atomic E-state index is 12.8. The van der Waals surface area contributed by atoms with Gasteiger partial charge in [-0.1, -0.05) is 57.2 Å². The molecule has 5 nitrogen and oxygen atoms in total. The Balaban J connectivity index is 1.97. The van der Waals surface area contributed by atoms with Crippen LogP contribution in [-0.2, 0) is 18.6 Å². The van der Waals surface area contributed by atoms with Crippen LogP contribution < -0.4 is 5.09 Å². The largest absolute Gasteiger partial charge is 0.464 e. The molecular weight excluding hydrogens is 337 g/mol. The molecule has 1 aromatic rings. The highest BCUT2D eigenvalue weighted by molar-refractivity contribution is 7.56. The molecule has 0 fully saturated rings. The summed E-state index contributed by atoms with van der Waals surface area (Å²) in [5.74, 6) is -0.426. The summed E-state index contributed by atoms with van der Waals surface area (Å²) in [4.78, 5) is 12.1. The summed E-state index contributed by atoms with van der Waals surface area (Å²) >= 11 is 0. The first kappa shape index (κ1) is 19.9. The second-order valence-electron chi connectivity index (χ2n) is 7.73. The molecule has 0 radical (unpaired) electrons. The fraction of sp³-hybridized carbons (Fsp3) is 0.526. The molecule has 0 aromatic heterocycles. The molecule has 0 amide bonds. The maximum absolute atomic E-state index is 12.8. The minimum atomic E-state index is -3.18. The van der Waals surface area contributed by atoms with Crippen LogP contribution >= 0.6 is 7.52 Å². The molecule has 3 atom stereocenters. The Hall–Kier alpha value is -1.42. The lowest BCUT2D eigenvalue weighted by Gasteiger charge is -2.27. The monoisotopic (exact) mass is 365 g/mol. The SMILES string of the molecule is C[C@H](NP(C)(=O)OC1CC=Cc2ccccc21)C(=O)OCC(C)(C)C. The van der Waals surface area contributed by atoms with Gasteiger partial charge in [0.15, 0.2) is 0 Å². The molecule has 0 bridgehead atoms. The molecule has 1 aromatic carbocycles. The van der Waals surface area contributed by atoms with Crippen LogP contribution in [0.1, 0.15) is 51.3 Å². The van der Waals surface area contributed by atoms with Gasteiger partial charge in [0.05, 0.1) is 12.7 Å². The van der Waals surface area contributed by atoms with Crippen LogP contribution in [0.4, 0.5) is 0 Å².